The second-order valence-electron chi connectivity index (χ2n) is 7.73. The lowest BCUT2D eigenvalue weighted by atomic mass is 9.87. The molecular weight excluding hydrogens is 296 g/mol. The molecule has 0 bridgehead atoms. The fourth-order valence-corrected chi connectivity index (χ4v) is 2.98. The summed E-state index contributed by atoms with van der Waals surface area (Å²) in [6, 6.07) is 8.15. The molecule has 3 nitrogen and oxygen atoms in total. The Labute approximate surface area is 146 Å². The quantitative estimate of drug-likeness (QED) is 0.558. The summed E-state index contributed by atoms with van der Waals surface area (Å²) in [6.45, 7) is 8.28. The molecule has 0 atom stereocenters. The maximum atomic E-state index is 12.0. The smallest absolute Gasteiger partial charge is 0.225 e. The summed E-state index contributed by atoms with van der Waals surface area (Å²) in [5, 5.41) is 6.35. The van der Waals surface area contributed by atoms with Crippen molar-refractivity contribution in [2.24, 2.45) is 0 Å². The van der Waals surface area contributed by atoms with E-state index in [1.165, 1.54) is 31.2 Å². The lowest BCUT2D eigenvalue weighted by Crippen LogP contribution is -2.23. The molecule has 0 aromatic heterocycles. The summed E-state index contributed by atoms with van der Waals surface area (Å²) >= 11 is 0. The third kappa shape index (κ3) is 6.48. The number of rotatable bonds is 7. The van der Waals surface area contributed by atoms with E-state index in [0.29, 0.717) is 6.42 Å². The summed E-state index contributed by atoms with van der Waals surface area (Å²) in [6.07, 6.45) is 9.20. The Morgan fingerprint density at radius 2 is 1.83 bits per heavy atom. The summed E-state index contributed by atoms with van der Waals surface area (Å²) < 4.78 is 0. The number of carbonyl (C=O) groups excluding carboxylic acids is 1. The number of carbonyl (C=O) groups is 1. The monoisotopic (exact) mass is 328 g/mol. The fraction of sp³-hybridized carbons (Fsp3) is 0.571. The Morgan fingerprint density at radius 3 is 2.46 bits per heavy atom. The van der Waals surface area contributed by atoms with Crippen molar-refractivity contribution < 1.29 is 4.79 Å². The van der Waals surface area contributed by atoms with Gasteiger partial charge in [-0.25, -0.2) is 0 Å². The van der Waals surface area contributed by atoms with Crippen molar-refractivity contribution in [2.45, 2.75) is 64.7 Å². The van der Waals surface area contributed by atoms with Crippen molar-refractivity contribution in [1.82, 2.24) is 5.32 Å². The van der Waals surface area contributed by atoms with E-state index in [1.54, 1.807) is 5.57 Å². The third-order valence-electron chi connectivity index (χ3n) is 4.57. The molecule has 1 aromatic carbocycles. The van der Waals surface area contributed by atoms with E-state index in [1.807, 2.05) is 12.1 Å². The van der Waals surface area contributed by atoms with Crippen LogP contribution in [0.4, 0.5) is 5.69 Å². The van der Waals surface area contributed by atoms with Gasteiger partial charge in [-0.1, -0.05) is 44.6 Å². The van der Waals surface area contributed by atoms with Gasteiger partial charge < -0.3 is 10.6 Å². The average Bonchev–Trinajstić information content (AvgIpc) is 2.55. The molecule has 0 heterocycles. The van der Waals surface area contributed by atoms with Crippen LogP contribution in [0.2, 0.25) is 0 Å². The zero-order valence-electron chi connectivity index (χ0n) is 15.5. The second-order valence-corrected chi connectivity index (χ2v) is 7.73. The highest BCUT2D eigenvalue weighted by atomic mass is 16.1. The van der Waals surface area contributed by atoms with E-state index in [2.05, 4.69) is 49.6 Å². The van der Waals surface area contributed by atoms with E-state index in [0.717, 1.165) is 25.2 Å². The van der Waals surface area contributed by atoms with Crippen LogP contribution in [0.15, 0.2) is 35.9 Å². The van der Waals surface area contributed by atoms with Crippen LogP contribution < -0.4 is 10.6 Å². The molecule has 0 spiro atoms. The summed E-state index contributed by atoms with van der Waals surface area (Å²) in [5.74, 6) is 0.0721. The van der Waals surface area contributed by atoms with Crippen molar-refractivity contribution in [3.63, 3.8) is 0 Å². The van der Waals surface area contributed by atoms with Crippen molar-refractivity contribution in [3.8, 4) is 0 Å². The molecule has 1 aliphatic rings. The molecule has 1 amide bonds. The number of hydrogen-bond donors (Lipinski definition) is 2. The van der Waals surface area contributed by atoms with Gasteiger partial charge in [0.15, 0.2) is 0 Å². The summed E-state index contributed by atoms with van der Waals surface area (Å²) in [4.78, 5) is 12.0. The molecule has 0 fully saturated rings. The maximum absolute atomic E-state index is 12.0. The van der Waals surface area contributed by atoms with Crippen LogP contribution in [0.3, 0.4) is 0 Å². The van der Waals surface area contributed by atoms with Crippen LogP contribution in [0.5, 0.6) is 0 Å². The first-order valence-corrected chi connectivity index (χ1v) is 9.24. The van der Waals surface area contributed by atoms with Crippen LogP contribution in [0, 0.1) is 0 Å². The normalized spacial score (nSPS) is 15.0. The first kappa shape index (κ1) is 18.7. The van der Waals surface area contributed by atoms with Crippen molar-refractivity contribution in [2.75, 3.05) is 18.4 Å². The van der Waals surface area contributed by atoms with Gasteiger partial charge in [-0.05, 0) is 61.8 Å². The second kappa shape index (κ2) is 9.03. The van der Waals surface area contributed by atoms with Crippen LogP contribution in [-0.2, 0) is 10.2 Å². The number of nitrogens with one attached hydrogen (secondary N) is 2. The Balaban J connectivity index is 1.63. The Hall–Kier alpha value is -1.61. The molecule has 0 unspecified atom stereocenters. The Kier molecular flexibility index (Phi) is 7.04. The van der Waals surface area contributed by atoms with Crippen molar-refractivity contribution in [1.29, 1.82) is 0 Å². The fourth-order valence-electron chi connectivity index (χ4n) is 2.98. The third-order valence-corrected chi connectivity index (χ3v) is 4.57. The molecule has 3 heteroatoms. The highest BCUT2D eigenvalue weighted by Crippen LogP contribution is 2.23. The zero-order chi connectivity index (χ0) is 17.4. The van der Waals surface area contributed by atoms with Gasteiger partial charge in [0.2, 0.25) is 5.91 Å². The Morgan fingerprint density at radius 1 is 1.08 bits per heavy atom. The minimum Gasteiger partial charge on any atom is -0.326 e. The number of benzene rings is 1. The van der Waals surface area contributed by atoms with E-state index >= 15 is 0 Å². The lowest BCUT2D eigenvalue weighted by molar-refractivity contribution is -0.116. The number of amides is 1. The molecule has 1 aromatic rings. The SMILES string of the molecule is CC(C)(C)c1ccc(NC(=O)CCNCCC2=CCCCC2)cc1. The molecule has 0 aliphatic heterocycles. The molecular formula is C21H32N2O. The van der Waals surface area contributed by atoms with Gasteiger partial charge in [0.1, 0.15) is 0 Å². The number of allylic oxidation sites excluding steroid dienone is 1. The lowest BCUT2D eigenvalue weighted by Gasteiger charge is -2.19. The number of anilines is 1. The first-order valence-electron chi connectivity index (χ1n) is 9.24. The molecule has 0 saturated carbocycles. The minimum absolute atomic E-state index is 0.0721. The molecule has 132 valence electrons. The molecule has 2 rings (SSSR count). The largest absolute Gasteiger partial charge is 0.326 e. The Bertz CT molecular complexity index is 552. The van der Waals surface area contributed by atoms with Crippen LogP contribution >= 0.6 is 0 Å². The van der Waals surface area contributed by atoms with Gasteiger partial charge in [-0.3, -0.25) is 4.79 Å². The van der Waals surface area contributed by atoms with Gasteiger partial charge in [0.05, 0.1) is 0 Å². The highest BCUT2D eigenvalue weighted by molar-refractivity contribution is 5.90. The first-order chi connectivity index (χ1) is 11.4. The summed E-state index contributed by atoms with van der Waals surface area (Å²) in [7, 11) is 0. The topological polar surface area (TPSA) is 41.1 Å². The highest BCUT2D eigenvalue weighted by Gasteiger charge is 2.13. The van der Waals surface area contributed by atoms with E-state index in [4.69, 9.17) is 0 Å². The summed E-state index contributed by atoms with van der Waals surface area (Å²) in [5.41, 5.74) is 3.87. The molecule has 24 heavy (non-hydrogen) atoms. The van der Waals surface area contributed by atoms with Gasteiger partial charge in [0.25, 0.3) is 0 Å². The van der Waals surface area contributed by atoms with Crippen LogP contribution in [-0.4, -0.2) is 19.0 Å². The van der Waals surface area contributed by atoms with Gasteiger partial charge in [0, 0.05) is 18.7 Å². The van der Waals surface area contributed by atoms with E-state index in [9.17, 15) is 4.79 Å². The predicted octanol–water partition coefficient (Wildman–Crippen LogP) is 4.79. The van der Waals surface area contributed by atoms with Gasteiger partial charge in [-0.15, -0.1) is 0 Å². The standard InChI is InChI=1S/C21H32N2O/c1-21(2,3)18-9-11-19(12-10-18)23-20(24)14-16-22-15-13-17-7-5-4-6-8-17/h7,9-12,22H,4-6,8,13-16H2,1-3H3,(H,23,24). The molecule has 2 N–H and O–H groups in total. The number of hydrogen-bond acceptors (Lipinski definition) is 2. The van der Waals surface area contributed by atoms with Gasteiger partial charge >= 0.3 is 0 Å². The maximum Gasteiger partial charge on any atom is 0.225 e. The molecule has 1 aliphatic carbocycles. The minimum atomic E-state index is 0.0721. The van der Waals surface area contributed by atoms with Crippen LogP contribution in [0.25, 0.3) is 0 Å². The van der Waals surface area contributed by atoms with E-state index in [-0.39, 0.29) is 11.3 Å². The molecule has 0 radical (unpaired) electrons. The average molecular weight is 329 g/mol. The van der Waals surface area contributed by atoms with Gasteiger partial charge in [-0.2, -0.15) is 0 Å². The van der Waals surface area contributed by atoms with E-state index < -0.39 is 0 Å². The zero-order valence-corrected chi connectivity index (χ0v) is 15.5. The molecule has 0 saturated heterocycles. The van der Waals surface area contributed by atoms with Crippen molar-refractivity contribution in [3.05, 3.63) is 41.5 Å². The van der Waals surface area contributed by atoms with Crippen LogP contribution in [0.1, 0.15) is 64.9 Å². The predicted molar refractivity (Wildman–Crippen MR) is 102 cm³/mol. The van der Waals surface area contributed by atoms with Crippen molar-refractivity contribution >= 4 is 11.6 Å².